The van der Waals surface area contributed by atoms with Crippen molar-refractivity contribution >= 4 is 0 Å². The van der Waals surface area contributed by atoms with Crippen molar-refractivity contribution in [3.8, 4) is 5.75 Å². The second-order valence-corrected chi connectivity index (χ2v) is 4.33. The standard InChI is InChI=1S/C16H19NO/c1-2-15(17)14-10-6-7-11-16(14)18-12-13-8-4-3-5-9-13/h3-11,15H,2,12,17H2,1H3/t15-/m0/s1. The van der Waals surface area contributed by atoms with E-state index in [-0.39, 0.29) is 6.04 Å². The molecule has 0 aliphatic rings. The van der Waals surface area contributed by atoms with E-state index in [0.717, 1.165) is 23.3 Å². The maximum absolute atomic E-state index is 6.08. The van der Waals surface area contributed by atoms with Gasteiger partial charge in [-0.05, 0) is 18.1 Å². The second kappa shape index (κ2) is 6.22. The molecule has 1 atom stereocenters. The number of para-hydroxylation sites is 1. The average Bonchev–Trinajstić information content (AvgIpc) is 2.45. The third-order valence-corrected chi connectivity index (χ3v) is 3.00. The molecule has 2 heteroatoms. The van der Waals surface area contributed by atoms with Gasteiger partial charge in [-0.3, -0.25) is 0 Å². The van der Waals surface area contributed by atoms with Gasteiger partial charge < -0.3 is 10.5 Å². The molecule has 0 unspecified atom stereocenters. The van der Waals surface area contributed by atoms with E-state index in [2.05, 4.69) is 19.1 Å². The van der Waals surface area contributed by atoms with Gasteiger partial charge in [0.15, 0.2) is 0 Å². The van der Waals surface area contributed by atoms with Crippen LogP contribution in [0.5, 0.6) is 5.75 Å². The van der Waals surface area contributed by atoms with E-state index < -0.39 is 0 Å². The third kappa shape index (κ3) is 3.11. The van der Waals surface area contributed by atoms with Gasteiger partial charge in [-0.25, -0.2) is 0 Å². The second-order valence-electron chi connectivity index (χ2n) is 4.33. The lowest BCUT2D eigenvalue weighted by molar-refractivity contribution is 0.300. The Morgan fingerprint density at radius 3 is 2.39 bits per heavy atom. The van der Waals surface area contributed by atoms with E-state index in [1.54, 1.807) is 0 Å². The van der Waals surface area contributed by atoms with Gasteiger partial charge in [-0.2, -0.15) is 0 Å². The molecule has 0 amide bonds. The number of hydrogen-bond acceptors (Lipinski definition) is 2. The molecule has 0 bridgehead atoms. The normalized spacial score (nSPS) is 12.1. The van der Waals surface area contributed by atoms with Crippen LogP contribution in [0.2, 0.25) is 0 Å². The lowest BCUT2D eigenvalue weighted by Crippen LogP contribution is -2.10. The maximum Gasteiger partial charge on any atom is 0.124 e. The van der Waals surface area contributed by atoms with Crippen molar-refractivity contribution in [3.05, 3.63) is 65.7 Å². The molecule has 0 fully saturated rings. The predicted molar refractivity (Wildman–Crippen MR) is 74.4 cm³/mol. The molecule has 18 heavy (non-hydrogen) atoms. The molecule has 0 aromatic heterocycles. The highest BCUT2D eigenvalue weighted by molar-refractivity contribution is 5.35. The van der Waals surface area contributed by atoms with E-state index in [1.165, 1.54) is 0 Å². The summed E-state index contributed by atoms with van der Waals surface area (Å²) in [5.41, 5.74) is 8.33. The van der Waals surface area contributed by atoms with Gasteiger partial charge in [0, 0.05) is 11.6 Å². The molecule has 0 heterocycles. The van der Waals surface area contributed by atoms with Crippen LogP contribution in [0, 0.1) is 0 Å². The van der Waals surface area contributed by atoms with E-state index in [9.17, 15) is 0 Å². The minimum absolute atomic E-state index is 0.0389. The van der Waals surface area contributed by atoms with Crippen LogP contribution in [0.25, 0.3) is 0 Å². The predicted octanol–water partition coefficient (Wildman–Crippen LogP) is 3.68. The minimum atomic E-state index is 0.0389. The summed E-state index contributed by atoms with van der Waals surface area (Å²) < 4.78 is 5.87. The Morgan fingerprint density at radius 1 is 1.00 bits per heavy atom. The summed E-state index contributed by atoms with van der Waals surface area (Å²) in [6.45, 7) is 2.66. The van der Waals surface area contributed by atoms with Crippen LogP contribution in [-0.2, 0) is 6.61 Å². The molecule has 0 radical (unpaired) electrons. The Morgan fingerprint density at radius 2 is 1.67 bits per heavy atom. The first kappa shape index (κ1) is 12.7. The first-order chi connectivity index (χ1) is 8.81. The van der Waals surface area contributed by atoms with Crippen LogP contribution in [0.3, 0.4) is 0 Å². The number of nitrogens with two attached hydrogens (primary N) is 1. The van der Waals surface area contributed by atoms with Crippen LogP contribution < -0.4 is 10.5 Å². The highest BCUT2D eigenvalue weighted by atomic mass is 16.5. The molecule has 2 rings (SSSR count). The van der Waals surface area contributed by atoms with Gasteiger partial charge >= 0.3 is 0 Å². The van der Waals surface area contributed by atoms with Crippen molar-refractivity contribution in [2.45, 2.75) is 26.0 Å². The molecular weight excluding hydrogens is 222 g/mol. The lowest BCUT2D eigenvalue weighted by atomic mass is 10.0. The molecule has 2 nitrogen and oxygen atoms in total. The largest absolute Gasteiger partial charge is 0.489 e. The smallest absolute Gasteiger partial charge is 0.124 e. The number of ether oxygens (including phenoxy) is 1. The fraction of sp³-hybridized carbons (Fsp3) is 0.250. The minimum Gasteiger partial charge on any atom is -0.489 e. The molecule has 2 N–H and O–H groups in total. The monoisotopic (exact) mass is 241 g/mol. The van der Waals surface area contributed by atoms with Gasteiger partial charge in [-0.1, -0.05) is 55.5 Å². The number of benzene rings is 2. The quantitative estimate of drug-likeness (QED) is 0.866. The molecular formula is C16H19NO. The molecule has 2 aromatic carbocycles. The molecule has 2 aromatic rings. The topological polar surface area (TPSA) is 35.2 Å². The first-order valence-electron chi connectivity index (χ1n) is 6.32. The number of rotatable bonds is 5. The van der Waals surface area contributed by atoms with Gasteiger partial charge in [0.05, 0.1) is 0 Å². The van der Waals surface area contributed by atoms with Gasteiger partial charge in [-0.15, -0.1) is 0 Å². The summed E-state index contributed by atoms with van der Waals surface area (Å²) in [5.74, 6) is 0.885. The fourth-order valence-corrected chi connectivity index (χ4v) is 1.87. The van der Waals surface area contributed by atoms with E-state index in [0.29, 0.717) is 6.61 Å². The highest BCUT2D eigenvalue weighted by Gasteiger charge is 2.09. The molecule has 0 spiro atoms. The first-order valence-corrected chi connectivity index (χ1v) is 6.32. The lowest BCUT2D eigenvalue weighted by Gasteiger charge is -2.15. The zero-order chi connectivity index (χ0) is 12.8. The Kier molecular flexibility index (Phi) is 4.37. The Balaban J connectivity index is 2.10. The van der Waals surface area contributed by atoms with Gasteiger partial charge in [0.2, 0.25) is 0 Å². The Hall–Kier alpha value is -1.80. The number of hydrogen-bond donors (Lipinski definition) is 1. The molecule has 0 aliphatic carbocycles. The maximum atomic E-state index is 6.08. The summed E-state index contributed by atoms with van der Waals surface area (Å²) in [7, 11) is 0. The zero-order valence-corrected chi connectivity index (χ0v) is 10.7. The highest BCUT2D eigenvalue weighted by Crippen LogP contribution is 2.26. The third-order valence-electron chi connectivity index (χ3n) is 3.00. The van der Waals surface area contributed by atoms with Crippen molar-refractivity contribution in [1.29, 1.82) is 0 Å². The van der Waals surface area contributed by atoms with E-state index >= 15 is 0 Å². The van der Waals surface area contributed by atoms with Crippen LogP contribution in [0.15, 0.2) is 54.6 Å². The summed E-state index contributed by atoms with van der Waals surface area (Å²) >= 11 is 0. The van der Waals surface area contributed by atoms with Gasteiger partial charge in [0.1, 0.15) is 12.4 Å². The van der Waals surface area contributed by atoms with Crippen molar-refractivity contribution in [2.24, 2.45) is 5.73 Å². The summed E-state index contributed by atoms with van der Waals surface area (Å²) in [6.07, 6.45) is 0.908. The van der Waals surface area contributed by atoms with Crippen molar-refractivity contribution in [2.75, 3.05) is 0 Å². The van der Waals surface area contributed by atoms with E-state index in [4.69, 9.17) is 10.5 Å². The van der Waals surface area contributed by atoms with Crippen LogP contribution in [0.1, 0.15) is 30.5 Å². The Labute approximate surface area is 108 Å². The Bertz CT molecular complexity index is 481. The summed E-state index contributed by atoms with van der Waals surface area (Å²) in [4.78, 5) is 0. The fourth-order valence-electron chi connectivity index (χ4n) is 1.87. The molecule has 0 saturated carbocycles. The van der Waals surface area contributed by atoms with Crippen molar-refractivity contribution in [1.82, 2.24) is 0 Å². The van der Waals surface area contributed by atoms with E-state index in [1.807, 2.05) is 42.5 Å². The molecule has 94 valence electrons. The zero-order valence-electron chi connectivity index (χ0n) is 10.7. The molecule has 0 saturated heterocycles. The van der Waals surface area contributed by atoms with Crippen molar-refractivity contribution < 1.29 is 4.74 Å². The van der Waals surface area contributed by atoms with Crippen LogP contribution in [-0.4, -0.2) is 0 Å². The van der Waals surface area contributed by atoms with Crippen LogP contribution >= 0.6 is 0 Å². The summed E-state index contributed by atoms with van der Waals surface area (Å²) in [6, 6.07) is 18.2. The summed E-state index contributed by atoms with van der Waals surface area (Å²) in [5, 5.41) is 0. The SMILES string of the molecule is CC[C@H](N)c1ccccc1OCc1ccccc1. The average molecular weight is 241 g/mol. The molecule has 0 aliphatic heterocycles. The van der Waals surface area contributed by atoms with Crippen LogP contribution in [0.4, 0.5) is 0 Å². The van der Waals surface area contributed by atoms with Crippen molar-refractivity contribution in [3.63, 3.8) is 0 Å². The van der Waals surface area contributed by atoms with Gasteiger partial charge in [0.25, 0.3) is 0 Å².